The number of halogens is 1. The van der Waals surface area contributed by atoms with E-state index in [1.54, 1.807) is 6.07 Å². The van der Waals surface area contributed by atoms with Crippen molar-refractivity contribution in [1.82, 2.24) is 0 Å². The highest BCUT2D eigenvalue weighted by atomic mass is 35.5. The molecule has 2 atom stereocenters. The molecule has 0 unspecified atom stereocenters. The van der Waals surface area contributed by atoms with Gasteiger partial charge in [-0.3, -0.25) is 0 Å². The largest absolute Gasteiger partial charge is 0.392 e. The number of aliphatic hydroxyl groups excluding tert-OH is 1. The monoisotopic (exact) mass is 595 g/mol. The number of benzene rings is 3. The molecule has 0 spiro atoms. The van der Waals surface area contributed by atoms with Crippen molar-refractivity contribution in [3.05, 3.63) is 94.5 Å². The smallest absolute Gasteiger partial charge is 0.179 e. The number of alkyl halides is 1. The molecule has 41 heavy (non-hydrogen) atoms. The van der Waals surface area contributed by atoms with E-state index in [9.17, 15) is 13.5 Å². The van der Waals surface area contributed by atoms with Gasteiger partial charge in [0.1, 0.15) is 0 Å². The van der Waals surface area contributed by atoms with Crippen LogP contribution in [0.1, 0.15) is 86.1 Å². The van der Waals surface area contributed by atoms with E-state index in [-0.39, 0.29) is 5.75 Å². The Bertz CT molecular complexity index is 1380. The summed E-state index contributed by atoms with van der Waals surface area (Å²) in [4.78, 5) is 2.36. The molecule has 222 valence electrons. The molecule has 1 heterocycles. The molecule has 0 saturated heterocycles. The number of aryl methyl sites for hydroxylation is 2. The van der Waals surface area contributed by atoms with Crippen LogP contribution in [0.15, 0.2) is 71.6 Å². The van der Waals surface area contributed by atoms with Crippen LogP contribution in [0.2, 0.25) is 0 Å². The lowest BCUT2D eigenvalue weighted by Crippen LogP contribution is -2.43. The van der Waals surface area contributed by atoms with Crippen LogP contribution >= 0.6 is 11.6 Å². The van der Waals surface area contributed by atoms with Crippen LogP contribution in [0.5, 0.6) is 0 Å². The summed E-state index contributed by atoms with van der Waals surface area (Å²) in [5.74, 6) is 0.0907. The molecule has 4 rings (SSSR count). The van der Waals surface area contributed by atoms with Gasteiger partial charge < -0.3 is 10.0 Å². The van der Waals surface area contributed by atoms with Gasteiger partial charge >= 0.3 is 0 Å². The second-order valence-electron chi connectivity index (χ2n) is 12.1. The minimum atomic E-state index is -3.60. The first-order valence-electron chi connectivity index (χ1n) is 15.1. The number of aliphatic hydroxyl groups is 1. The lowest BCUT2D eigenvalue weighted by molar-refractivity contribution is 0.0127. The predicted octanol–water partition coefficient (Wildman–Crippen LogP) is 7.92. The standard InChI is InChI=1S/C35H46ClNO3S/c1-5-7-21-35(22-8-6-2)25-41(39,40)32-20-19-30(37(3)4)23-31(32)33(34(35)38)29-17-15-27(16-18-29)10-9-26-11-13-28(24-36)14-12-26/h11-20,23,33-34,38H,5-10,21-22,24-25H2,1-4H3/t33-,34-/m1/s1. The van der Waals surface area contributed by atoms with Gasteiger partial charge in [-0.25, -0.2) is 8.42 Å². The summed E-state index contributed by atoms with van der Waals surface area (Å²) in [7, 11) is 0.320. The third-order valence-electron chi connectivity index (χ3n) is 8.88. The molecule has 1 N–H and O–H groups in total. The van der Waals surface area contributed by atoms with Crippen LogP contribution in [0.4, 0.5) is 5.69 Å². The van der Waals surface area contributed by atoms with Gasteiger partial charge in [-0.15, -0.1) is 11.6 Å². The number of fused-ring (bicyclic) bond motifs is 1. The van der Waals surface area contributed by atoms with Crippen molar-refractivity contribution in [2.24, 2.45) is 5.41 Å². The molecule has 0 amide bonds. The Balaban J connectivity index is 1.75. The normalized spacial score (nSPS) is 19.4. The Morgan fingerprint density at radius 3 is 1.90 bits per heavy atom. The van der Waals surface area contributed by atoms with Crippen molar-refractivity contribution >= 4 is 27.1 Å². The van der Waals surface area contributed by atoms with Crippen LogP contribution in [0.25, 0.3) is 0 Å². The molecule has 3 aromatic carbocycles. The van der Waals surface area contributed by atoms with E-state index < -0.39 is 27.3 Å². The second-order valence-corrected chi connectivity index (χ2v) is 14.3. The minimum Gasteiger partial charge on any atom is -0.392 e. The van der Waals surface area contributed by atoms with Gasteiger partial charge in [-0.05, 0) is 71.7 Å². The highest BCUT2D eigenvalue weighted by Gasteiger charge is 2.49. The average Bonchev–Trinajstić information content (AvgIpc) is 3.04. The Morgan fingerprint density at radius 2 is 1.39 bits per heavy atom. The van der Waals surface area contributed by atoms with E-state index >= 15 is 0 Å². The number of rotatable bonds is 12. The van der Waals surface area contributed by atoms with Crippen molar-refractivity contribution in [3.8, 4) is 0 Å². The van der Waals surface area contributed by atoms with Crippen LogP contribution in [-0.4, -0.2) is 39.5 Å². The van der Waals surface area contributed by atoms with E-state index in [2.05, 4.69) is 62.4 Å². The van der Waals surface area contributed by atoms with Crippen molar-refractivity contribution in [2.75, 3.05) is 24.7 Å². The second kappa shape index (κ2) is 13.8. The summed E-state index contributed by atoms with van der Waals surface area (Å²) in [6.07, 6.45) is 6.16. The molecule has 3 aromatic rings. The third kappa shape index (κ3) is 7.18. The molecule has 0 aliphatic carbocycles. The van der Waals surface area contributed by atoms with Gasteiger partial charge in [0.25, 0.3) is 0 Å². The van der Waals surface area contributed by atoms with Crippen LogP contribution in [0.3, 0.4) is 0 Å². The first-order chi connectivity index (χ1) is 19.6. The Labute approximate surface area is 252 Å². The van der Waals surface area contributed by atoms with E-state index in [0.717, 1.165) is 55.3 Å². The van der Waals surface area contributed by atoms with Crippen LogP contribution in [-0.2, 0) is 28.6 Å². The van der Waals surface area contributed by atoms with Gasteiger partial charge in [0.2, 0.25) is 0 Å². The fourth-order valence-electron chi connectivity index (χ4n) is 6.37. The third-order valence-corrected chi connectivity index (χ3v) is 11.2. The zero-order chi connectivity index (χ0) is 29.6. The predicted molar refractivity (Wildman–Crippen MR) is 172 cm³/mol. The summed E-state index contributed by atoms with van der Waals surface area (Å²) in [5.41, 5.74) is 5.54. The van der Waals surface area contributed by atoms with Gasteiger partial charge in [-0.1, -0.05) is 88.1 Å². The number of unbranched alkanes of at least 4 members (excludes halogenated alkanes) is 2. The average molecular weight is 596 g/mol. The lowest BCUT2D eigenvalue weighted by Gasteiger charge is -2.40. The number of hydrogen-bond donors (Lipinski definition) is 1. The zero-order valence-corrected chi connectivity index (χ0v) is 26.6. The maximum atomic E-state index is 14.0. The first kappa shape index (κ1) is 31.6. The van der Waals surface area contributed by atoms with Crippen LogP contribution in [0, 0.1) is 5.41 Å². The summed E-state index contributed by atoms with van der Waals surface area (Å²) < 4.78 is 28.0. The topological polar surface area (TPSA) is 57.6 Å². The molecule has 0 saturated carbocycles. The fraction of sp³-hybridized carbons (Fsp3) is 0.486. The van der Waals surface area contributed by atoms with Gasteiger partial charge in [0.05, 0.1) is 16.8 Å². The highest BCUT2D eigenvalue weighted by molar-refractivity contribution is 7.91. The SMILES string of the molecule is CCCCC1(CCCC)CS(=O)(=O)c2ccc(N(C)C)cc2[C@@H](c2ccc(CCc3ccc(CCl)cc3)cc2)[C@H]1O. The molecule has 4 nitrogen and oxygen atoms in total. The van der Waals surface area contributed by atoms with Gasteiger partial charge in [0, 0.05) is 37.0 Å². The minimum absolute atomic E-state index is 0.00737. The Kier molecular flexibility index (Phi) is 10.6. The number of sulfone groups is 1. The molecule has 1 aliphatic heterocycles. The first-order valence-corrected chi connectivity index (χ1v) is 17.3. The maximum absolute atomic E-state index is 14.0. The van der Waals surface area contributed by atoms with Crippen LogP contribution < -0.4 is 4.90 Å². The van der Waals surface area contributed by atoms with Gasteiger partial charge in [0.15, 0.2) is 9.84 Å². The molecule has 0 radical (unpaired) electrons. The fourth-order valence-corrected chi connectivity index (χ4v) is 8.74. The van der Waals surface area contributed by atoms with E-state index in [0.29, 0.717) is 29.2 Å². The summed E-state index contributed by atoms with van der Waals surface area (Å²) in [6.45, 7) is 4.26. The van der Waals surface area contributed by atoms with Crippen molar-refractivity contribution in [3.63, 3.8) is 0 Å². The molecule has 0 fully saturated rings. The quantitative estimate of drug-likeness (QED) is 0.216. The molecule has 0 bridgehead atoms. The van der Waals surface area contributed by atoms with E-state index in [1.165, 1.54) is 11.1 Å². The molecule has 0 aromatic heterocycles. The highest BCUT2D eigenvalue weighted by Crippen LogP contribution is 2.50. The molecule has 6 heteroatoms. The number of nitrogens with zero attached hydrogens (tertiary/aromatic N) is 1. The summed E-state index contributed by atoms with van der Waals surface area (Å²) >= 11 is 5.94. The Hall–Kier alpha value is -2.34. The van der Waals surface area contributed by atoms with E-state index in [1.807, 2.05) is 31.1 Å². The number of anilines is 1. The Morgan fingerprint density at radius 1 is 0.854 bits per heavy atom. The zero-order valence-electron chi connectivity index (χ0n) is 25.1. The van der Waals surface area contributed by atoms with Crippen molar-refractivity contribution < 1.29 is 13.5 Å². The van der Waals surface area contributed by atoms with E-state index in [4.69, 9.17) is 11.6 Å². The van der Waals surface area contributed by atoms with Crippen molar-refractivity contribution in [1.29, 1.82) is 0 Å². The molecule has 1 aliphatic rings. The number of hydrogen-bond acceptors (Lipinski definition) is 4. The lowest BCUT2D eigenvalue weighted by atomic mass is 9.68. The maximum Gasteiger partial charge on any atom is 0.179 e. The molecular formula is C35H46ClNO3S. The van der Waals surface area contributed by atoms with Gasteiger partial charge in [-0.2, -0.15) is 0 Å². The molecular weight excluding hydrogens is 550 g/mol. The summed E-state index contributed by atoms with van der Waals surface area (Å²) in [5, 5.41) is 12.4. The van der Waals surface area contributed by atoms with Crippen molar-refractivity contribution in [2.45, 2.75) is 88.0 Å². The summed E-state index contributed by atoms with van der Waals surface area (Å²) in [6, 6.07) is 22.6.